The van der Waals surface area contributed by atoms with Gasteiger partial charge in [0.1, 0.15) is 17.4 Å². The van der Waals surface area contributed by atoms with Crippen molar-refractivity contribution in [2.45, 2.75) is 50.2 Å². The van der Waals surface area contributed by atoms with E-state index in [4.69, 9.17) is 14.5 Å². The van der Waals surface area contributed by atoms with Gasteiger partial charge in [0, 0.05) is 12.1 Å². The van der Waals surface area contributed by atoms with E-state index >= 15 is 0 Å². The van der Waals surface area contributed by atoms with Crippen LogP contribution in [-0.4, -0.2) is 32.5 Å². The number of hydrogen-bond acceptors (Lipinski definition) is 4. The number of rotatable bonds is 0. The number of ether oxygens (including phenoxy) is 2. The number of hydrogen-bond donors (Lipinski definition) is 0. The van der Waals surface area contributed by atoms with Gasteiger partial charge in [0.15, 0.2) is 11.4 Å². The number of imidazole rings is 1. The maximum Gasteiger partial charge on any atom is 0.163 e. The van der Waals surface area contributed by atoms with Crippen molar-refractivity contribution in [3.05, 3.63) is 24.2 Å². The van der Waals surface area contributed by atoms with Gasteiger partial charge in [-0.1, -0.05) is 0 Å². The molecule has 4 heterocycles. The molecule has 98 valence electrons. The molecular formula is C14H15N3O2. The maximum absolute atomic E-state index is 6.08. The van der Waals surface area contributed by atoms with E-state index in [-0.39, 0.29) is 12.2 Å². The summed E-state index contributed by atoms with van der Waals surface area (Å²) < 4.78 is 14.4. The molecule has 2 aromatic rings. The van der Waals surface area contributed by atoms with Crippen LogP contribution in [-0.2, 0) is 9.47 Å². The van der Waals surface area contributed by atoms with E-state index in [0.29, 0.717) is 12.0 Å². The average molecular weight is 257 g/mol. The second-order valence-electron chi connectivity index (χ2n) is 6.16. The molecule has 2 aromatic heterocycles. The molecule has 19 heavy (non-hydrogen) atoms. The standard InChI is InChI=1S/C14H15N3O2/c1-14(2)18-10-7-6-9(11(10)19-14)17-12(7)16-8-4-3-5-15-13(8)17/h3-5,7,9-11H,6H2,1-2H3/t7-,9?,10+,11-/m0/s1. The molecule has 1 unspecified atom stereocenters. The Morgan fingerprint density at radius 2 is 2.16 bits per heavy atom. The van der Waals surface area contributed by atoms with Crippen molar-refractivity contribution in [2.24, 2.45) is 0 Å². The Kier molecular flexibility index (Phi) is 1.63. The quantitative estimate of drug-likeness (QED) is 0.724. The molecule has 3 aliphatic rings. The van der Waals surface area contributed by atoms with Crippen molar-refractivity contribution in [3.8, 4) is 0 Å². The van der Waals surface area contributed by atoms with Crippen LogP contribution in [0.5, 0.6) is 0 Å². The lowest BCUT2D eigenvalue weighted by atomic mass is 10.0. The second kappa shape index (κ2) is 2.99. The van der Waals surface area contributed by atoms with Gasteiger partial charge in [-0.3, -0.25) is 0 Å². The predicted molar refractivity (Wildman–Crippen MR) is 67.7 cm³/mol. The summed E-state index contributed by atoms with van der Waals surface area (Å²) >= 11 is 0. The summed E-state index contributed by atoms with van der Waals surface area (Å²) in [5.41, 5.74) is 1.96. The normalized spacial score (nSPS) is 37.8. The summed E-state index contributed by atoms with van der Waals surface area (Å²) in [5, 5.41) is 0. The predicted octanol–water partition coefficient (Wildman–Crippen LogP) is 1.99. The third kappa shape index (κ3) is 1.13. The molecule has 0 amide bonds. The molecule has 2 fully saturated rings. The van der Waals surface area contributed by atoms with Crippen LogP contribution in [0.25, 0.3) is 11.2 Å². The summed E-state index contributed by atoms with van der Waals surface area (Å²) in [7, 11) is 0. The molecule has 0 spiro atoms. The van der Waals surface area contributed by atoms with Gasteiger partial charge in [-0.2, -0.15) is 0 Å². The fraction of sp³-hybridized carbons (Fsp3) is 0.571. The van der Waals surface area contributed by atoms with E-state index < -0.39 is 5.79 Å². The van der Waals surface area contributed by atoms with E-state index in [1.165, 1.54) is 0 Å². The first kappa shape index (κ1) is 10.3. The van der Waals surface area contributed by atoms with Gasteiger partial charge < -0.3 is 14.0 Å². The zero-order chi connectivity index (χ0) is 12.8. The van der Waals surface area contributed by atoms with Crippen molar-refractivity contribution in [3.63, 3.8) is 0 Å². The molecule has 5 heteroatoms. The monoisotopic (exact) mass is 257 g/mol. The van der Waals surface area contributed by atoms with Crippen LogP contribution in [0.1, 0.15) is 38.1 Å². The smallest absolute Gasteiger partial charge is 0.163 e. The van der Waals surface area contributed by atoms with Crippen molar-refractivity contribution < 1.29 is 9.47 Å². The molecule has 1 saturated heterocycles. The average Bonchev–Trinajstić information content (AvgIpc) is 3.02. The number of pyridine rings is 1. The highest BCUT2D eigenvalue weighted by Gasteiger charge is 2.60. The first-order chi connectivity index (χ1) is 9.14. The first-order valence-corrected chi connectivity index (χ1v) is 6.82. The third-order valence-electron chi connectivity index (χ3n) is 4.57. The number of nitrogens with zero attached hydrogens (tertiary/aromatic N) is 3. The molecule has 0 N–H and O–H groups in total. The van der Waals surface area contributed by atoms with Crippen molar-refractivity contribution in [2.75, 3.05) is 0 Å². The minimum atomic E-state index is -0.473. The Balaban J connectivity index is 1.71. The fourth-order valence-corrected chi connectivity index (χ4v) is 3.99. The minimum Gasteiger partial charge on any atom is -0.344 e. The van der Waals surface area contributed by atoms with Crippen LogP contribution in [0.3, 0.4) is 0 Å². The van der Waals surface area contributed by atoms with Crippen LogP contribution < -0.4 is 0 Å². The van der Waals surface area contributed by atoms with Crippen molar-refractivity contribution in [1.82, 2.24) is 14.5 Å². The number of aromatic nitrogens is 3. The summed E-state index contributed by atoms with van der Waals surface area (Å²) in [6, 6.07) is 4.28. The van der Waals surface area contributed by atoms with Crippen LogP contribution in [0.15, 0.2) is 18.3 Å². The Morgan fingerprint density at radius 3 is 3.05 bits per heavy atom. The molecule has 4 atom stereocenters. The van der Waals surface area contributed by atoms with Crippen molar-refractivity contribution in [1.29, 1.82) is 0 Å². The summed E-state index contributed by atoms with van der Waals surface area (Å²) in [4.78, 5) is 9.24. The van der Waals surface area contributed by atoms with E-state index in [9.17, 15) is 0 Å². The summed E-state index contributed by atoms with van der Waals surface area (Å²) in [6.07, 6.45) is 3.20. The fourth-order valence-electron chi connectivity index (χ4n) is 3.99. The Bertz CT molecular complexity index is 693. The largest absolute Gasteiger partial charge is 0.344 e. The SMILES string of the molecule is CC1(C)O[C@@H]2[C@@H]3CC([C@@H]2O1)n1c3nc2cccnc21. The summed E-state index contributed by atoms with van der Waals surface area (Å²) in [6.45, 7) is 3.98. The highest BCUT2D eigenvalue weighted by atomic mass is 16.8. The molecule has 0 radical (unpaired) electrons. The Hall–Kier alpha value is -1.46. The van der Waals surface area contributed by atoms with Crippen molar-refractivity contribution >= 4 is 11.2 Å². The van der Waals surface area contributed by atoms with Crippen LogP contribution in [0.2, 0.25) is 0 Å². The Labute approximate surface area is 110 Å². The maximum atomic E-state index is 6.08. The molecule has 1 aliphatic carbocycles. The molecule has 5 rings (SSSR count). The van der Waals surface area contributed by atoms with E-state index in [2.05, 4.69) is 9.55 Å². The van der Waals surface area contributed by atoms with Gasteiger partial charge in [0.25, 0.3) is 0 Å². The zero-order valence-corrected chi connectivity index (χ0v) is 10.9. The van der Waals surface area contributed by atoms with Gasteiger partial charge in [-0.15, -0.1) is 0 Å². The van der Waals surface area contributed by atoms with Crippen LogP contribution in [0, 0.1) is 0 Å². The molecule has 2 aliphatic heterocycles. The highest BCUT2D eigenvalue weighted by Crippen LogP contribution is 2.56. The van der Waals surface area contributed by atoms with Gasteiger partial charge in [0.2, 0.25) is 0 Å². The lowest BCUT2D eigenvalue weighted by Gasteiger charge is -2.23. The van der Waals surface area contributed by atoms with E-state index in [1.807, 2.05) is 32.2 Å². The number of fused-ring (bicyclic) bond motifs is 10. The minimum absolute atomic E-state index is 0.145. The lowest BCUT2D eigenvalue weighted by Crippen LogP contribution is -2.32. The van der Waals surface area contributed by atoms with Gasteiger partial charge >= 0.3 is 0 Å². The van der Waals surface area contributed by atoms with Crippen LogP contribution >= 0.6 is 0 Å². The van der Waals surface area contributed by atoms with E-state index in [0.717, 1.165) is 23.4 Å². The van der Waals surface area contributed by atoms with Gasteiger partial charge in [0.05, 0.1) is 12.1 Å². The highest BCUT2D eigenvalue weighted by molar-refractivity contribution is 5.72. The Morgan fingerprint density at radius 1 is 1.32 bits per heavy atom. The van der Waals surface area contributed by atoms with Gasteiger partial charge in [-0.25, -0.2) is 9.97 Å². The first-order valence-electron chi connectivity index (χ1n) is 6.82. The molecular weight excluding hydrogens is 242 g/mol. The molecule has 1 saturated carbocycles. The van der Waals surface area contributed by atoms with E-state index in [1.54, 1.807) is 0 Å². The molecule has 5 nitrogen and oxygen atoms in total. The van der Waals surface area contributed by atoms with Gasteiger partial charge in [-0.05, 0) is 32.4 Å². The van der Waals surface area contributed by atoms with Crippen LogP contribution in [0.4, 0.5) is 0 Å². The second-order valence-corrected chi connectivity index (χ2v) is 6.16. The lowest BCUT2D eigenvalue weighted by molar-refractivity contribution is -0.154. The summed E-state index contributed by atoms with van der Waals surface area (Å²) in [5.74, 6) is 1.01. The molecule has 2 bridgehead atoms. The topological polar surface area (TPSA) is 49.2 Å². The third-order valence-corrected chi connectivity index (χ3v) is 4.57. The molecule has 0 aromatic carbocycles. The zero-order valence-electron chi connectivity index (χ0n) is 10.9.